The van der Waals surface area contributed by atoms with E-state index < -0.39 is 0 Å². The minimum absolute atomic E-state index is 0.0517. The highest BCUT2D eigenvalue weighted by atomic mass is 35.5. The first-order chi connectivity index (χ1) is 10.1. The van der Waals surface area contributed by atoms with Crippen molar-refractivity contribution < 1.29 is 14.6 Å². The molecule has 0 radical (unpaired) electrons. The van der Waals surface area contributed by atoms with Gasteiger partial charge in [0, 0.05) is 16.8 Å². The van der Waals surface area contributed by atoms with E-state index in [2.05, 4.69) is 5.32 Å². The van der Waals surface area contributed by atoms with E-state index in [0.717, 1.165) is 5.56 Å². The maximum atomic E-state index is 12.1. The third-order valence-corrected chi connectivity index (χ3v) is 3.16. The van der Waals surface area contributed by atoms with Crippen LogP contribution in [-0.2, 0) is 5.88 Å². The number of ether oxygens (including phenoxy) is 1. The van der Waals surface area contributed by atoms with E-state index in [1.165, 1.54) is 12.1 Å². The summed E-state index contributed by atoms with van der Waals surface area (Å²) in [5, 5.41) is 12.2. The molecule has 21 heavy (non-hydrogen) atoms. The Morgan fingerprint density at radius 3 is 2.76 bits per heavy atom. The summed E-state index contributed by atoms with van der Waals surface area (Å²) in [7, 11) is 0. The Morgan fingerprint density at radius 2 is 2.10 bits per heavy atom. The molecule has 0 saturated carbocycles. The molecule has 2 aromatic rings. The second-order valence-electron chi connectivity index (χ2n) is 4.39. The van der Waals surface area contributed by atoms with Gasteiger partial charge in [-0.1, -0.05) is 6.07 Å². The Hall–Kier alpha value is -2.20. The summed E-state index contributed by atoms with van der Waals surface area (Å²) in [4.78, 5) is 12.1. The number of anilines is 1. The number of phenolic OH excluding ortho intramolecular Hbond substituents is 1. The van der Waals surface area contributed by atoms with Crippen LogP contribution in [0.5, 0.6) is 11.5 Å². The van der Waals surface area contributed by atoms with Gasteiger partial charge in [-0.05, 0) is 43.3 Å². The van der Waals surface area contributed by atoms with E-state index in [4.69, 9.17) is 16.3 Å². The molecule has 0 atom stereocenters. The summed E-state index contributed by atoms with van der Waals surface area (Å²) in [6, 6.07) is 11.5. The third kappa shape index (κ3) is 3.89. The van der Waals surface area contributed by atoms with E-state index in [-0.39, 0.29) is 11.7 Å². The van der Waals surface area contributed by atoms with Crippen LogP contribution in [0.15, 0.2) is 42.5 Å². The van der Waals surface area contributed by atoms with Crippen LogP contribution in [0.2, 0.25) is 0 Å². The maximum Gasteiger partial charge on any atom is 0.255 e. The number of nitrogens with one attached hydrogen (secondary N) is 1. The number of hydrogen-bond donors (Lipinski definition) is 2. The number of aromatic hydroxyl groups is 1. The molecule has 2 N–H and O–H groups in total. The second kappa shape index (κ2) is 6.99. The third-order valence-electron chi connectivity index (χ3n) is 2.87. The molecule has 1 amide bonds. The van der Waals surface area contributed by atoms with Gasteiger partial charge in [0.1, 0.15) is 11.5 Å². The lowest BCUT2D eigenvalue weighted by molar-refractivity contribution is 0.102. The lowest BCUT2D eigenvalue weighted by atomic mass is 10.1. The van der Waals surface area contributed by atoms with Gasteiger partial charge in [0.15, 0.2) is 0 Å². The second-order valence-corrected chi connectivity index (χ2v) is 4.66. The predicted molar refractivity (Wildman–Crippen MR) is 83.2 cm³/mol. The highest BCUT2D eigenvalue weighted by Crippen LogP contribution is 2.25. The molecule has 110 valence electrons. The Labute approximate surface area is 128 Å². The Kier molecular flexibility index (Phi) is 5.06. The first kappa shape index (κ1) is 15.2. The van der Waals surface area contributed by atoms with Crippen molar-refractivity contribution in [3.63, 3.8) is 0 Å². The van der Waals surface area contributed by atoms with E-state index in [0.29, 0.717) is 29.5 Å². The molecule has 0 unspecified atom stereocenters. The molecule has 0 saturated heterocycles. The monoisotopic (exact) mass is 305 g/mol. The summed E-state index contributed by atoms with van der Waals surface area (Å²) in [5.41, 5.74) is 1.82. The molecular formula is C16H16ClNO3. The number of alkyl halides is 1. The molecule has 0 fully saturated rings. The van der Waals surface area contributed by atoms with Gasteiger partial charge in [0.2, 0.25) is 0 Å². The first-order valence-corrected chi connectivity index (χ1v) is 7.09. The topological polar surface area (TPSA) is 58.6 Å². The minimum atomic E-state index is -0.296. The summed E-state index contributed by atoms with van der Waals surface area (Å²) >= 11 is 5.89. The van der Waals surface area contributed by atoms with Crippen molar-refractivity contribution in [2.75, 3.05) is 11.9 Å². The highest BCUT2D eigenvalue weighted by Gasteiger charge is 2.09. The highest BCUT2D eigenvalue weighted by molar-refractivity contribution is 6.17. The van der Waals surface area contributed by atoms with Crippen molar-refractivity contribution in [2.24, 2.45) is 0 Å². The smallest absolute Gasteiger partial charge is 0.255 e. The largest absolute Gasteiger partial charge is 0.508 e. The van der Waals surface area contributed by atoms with Crippen LogP contribution in [-0.4, -0.2) is 17.6 Å². The molecule has 0 bridgehead atoms. The van der Waals surface area contributed by atoms with Gasteiger partial charge in [0.05, 0.1) is 12.5 Å². The molecule has 0 aliphatic rings. The first-order valence-electron chi connectivity index (χ1n) is 6.56. The SMILES string of the molecule is CCOc1ccc(NC(=O)c2cccc(O)c2)cc1CCl. The standard InChI is InChI=1S/C16H16ClNO3/c1-2-21-15-7-6-13(8-12(15)10-17)18-16(20)11-4-3-5-14(19)9-11/h3-9,19H,2,10H2,1H3,(H,18,20). The zero-order valence-corrected chi connectivity index (χ0v) is 12.4. The van der Waals surface area contributed by atoms with Crippen LogP contribution < -0.4 is 10.1 Å². The van der Waals surface area contributed by atoms with Crippen molar-refractivity contribution in [3.05, 3.63) is 53.6 Å². The fourth-order valence-electron chi connectivity index (χ4n) is 1.91. The average molecular weight is 306 g/mol. The van der Waals surface area contributed by atoms with Gasteiger partial charge in [-0.15, -0.1) is 11.6 Å². The van der Waals surface area contributed by atoms with Crippen molar-refractivity contribution in [1.29, 1.82) is 0 Å². The van der Waals surface area contributed by atoms with Crippen LogP contribution >= 0.6 is 11.6 Å². The van der Waals surface area contributed by atoms with Crippen LogP contribution in [0.25, 0.3) is 0 Å². The Bertz CT molecular complexity index is 643. The number of carbonyl (C=O) groups excluding carboxylic acids is 1. The van der Waals surface area contributed by atoms with Crippen LogP contribution in [0, 0.1) is 0 Å². The Balaban J connectivity index is 2.17. The van der Waals surface area contributed by atoms with E-state index in [9.17, 15) is 9.90 Å². The van der Waals surface area contributed by atoms with Gasteiger partial charge in [-0.25, -0.2) is 0 Å². The maximum absolute atomic E-state index is 12.1. The van der Waals surface area contributed by atoms with Crippen LogP contribution in [0.3, 0.4) is 0 Å². The van der Waals surface area contributed by atoms with Gasteiger partial charge >= 0.3 is 0 Å². The quantitative estimate of drug-likeness (QED) is 0.826. The molecule has 0 aromatic heterocycles. The molecule has 0 heterocycles. The van der Waals surface area contributed by atoms with Gasteiger partial charge in [-0.2, -0.15) is 0 Å². The fraction of sp³-hybridized carbons (Fsp3) is 0.188. The molecule has 0 spiro atoms. The number of amides is 1. The fourth-order valence-corrected chi connectivity index (χ4v) is 2.12. The molecule has 4 nitrogen and oxygen atoms in total. The van der Waals surface area contributed by atoms with Crippen molar-refractivity contribution in [1.82, 2.24) is 0 Å². The number of hydrogen-bond acceptors (Lipinski definition) is 3. The number of carbonyl (C=O) groups is 1. The predicted octanol–water partition coefficient (Wildman–Crippen LogP) is 3.78. The van der Waals surface area contributed by atoms with Gasteiger partial charge in [0.25, 0.3) is 5.91 Å². The summed E-state index contributed by atoms with van der Waals surface area (Å²) < 4.78 is 5.46. The van der Waals surface area contributed by atoms with Crippen molar-refractivity contribution in [3.8, 4) is 11.5 Å². The van der Waals surface area contributed by atoms with E-state index in [1.807, 2.05) is 6.92 Å². The van der Waals surface area contributed by atoms with Crippen molar-refractivity contribution in [2.45, 2.75) is 12.8 Å². The molecular weight excluding hydrogens is 290 g/mol. The number of benzene rings is 2. The molecule has 0 aliphatic heterocycles. The van der Waals surface area contributed by atoms with E-state index in [1.54, 1.807) is 30.3 Å². The van der Waals surface area contributed by atoms with Crippen LogP contribution in [0.4, 0.5) is 5.69 Å². The molecule has 2 rings (SSSR count). The summed E-state index contributed by atoms with van der Waals surface area (Å²) in [6.45, 7) is 2.45. The summed E-state index contributed by atoms with van der Waals surface area (Å²) in [5.74, 6) is 0.764. The van der Waals surface area contributed by atoms with Crippen molar-refractivity contribution >= 4 is 23.2 Å². The molecule has 2 aromatic carbocycles. The normalized spacial score (nSPS) is 10.2. The van der Waals surface area contributed by atoms with Crippen LogP contribution in [0.1, 0.15) is 22.8 Å². The van der Waals surface area contributed by atoms with Gasteiger partial charge < -0.3 is 15.2 Å². The number of rotatable bonds is 5. The van der Waals surface area contributed by atoms with E-state index >= 15 is 0 Å². The number of phenols is 1. The molecule has 5 heteroatoms. The lowest BCUT2D eigenvalue weighted by Crippen LogP contribution is -2.12. The minimum Gasteiger partial charge on any atom is -0.508 e. The zero-order chi connectivity index (χ0) is 15.2. The van der Waals surface area contributed by atoms with Gasteiger partial charge in [-0.3, -0.25) is 4.79 Å². The zero-order valence-electron chi connectivity index (χ0n) is 11.6. The lowest BCUT2D eigenvalue weighted by Gasteiger charge is -2.11. The molecule has 0 aliphatic carbocycles. The average Bonchev–Trinajstić information content (AvgIpc) is 2.49. The Morgan fingerprint density at radius 1 is 1.29 bits per heavy atom. The summed E-state index contributed by atoms with van der Waals surface area (Å²) in [6.07, 6.45) is 0. The number of halogens is 1.